The van der Waals surface area contributed by atoms with Crippen LogP contribution in [0.25, 0.3) is 0 Å². The Kier molecular flexibility index (Phi) is 7.42. The topological polar surface area (TPSA) is 75.4 Å². The van der Waals surface area contributed by atoms with Crippen LogP contribution in [0.3, 0.4) is 0 Å². The molecule has 0 saturated carbocycles. The molecule has 6 nitrogen and oxygen atoms in total. The van der Waals surface area contributed by atoms with Crippen LogP contribution in [0.4, 0.5) is 0 Å². The van der Waals surface area contributed by atoms with Gasteiger partial charge in [0.1, 0.15) is 6.26 Å². The van der Waals surface area contributed by atoms with Gasteiger partial charge in [-0.3, -0.25) is 9.59 Å². The summed E-state index contributed by atoms with van der Waals surface area (Å²) in [5.74, 6) is -0.171. The molecule has 2 amide bonds. The number of rotatable bonds is 8. The highest BCUT2D eigenvalue weighted by Crippen LogP contribution is 2.21. The summed E-state index contributed by atoms with van der Waals surface area (Å²) < 4.78 is 5.44. The van der Waals surface area contributed by atoms with Crippen molar-refractivity contribution < 1.29 is 14.0 Å². The third kappa shape index (κ3) is 5.32. The normalized spacial score (nSPS) is 13.1. The van der Waals surface area contributed by atoms with Crippen molar-refractivity contribution in [2.24, 2.45) is 0 Å². The third-order valence-electron chi connectivity index (χ3n) is 4.57. The number of carbonyl (C=O) groups excluding carboxylic acids is 2. The first-order chi connectivity index (χ1) is 12.9. The van der Waals surface area contributed by atoms with Crippen LogP contribution in [0.2, 0.25) is 5.02 Å². The molecule has 0 radical (unpaired) electrons. The number of halogens is 1. The minimum absolute atomic E-state index is 0.0435. The van der Waals surface area contributed by atoms with Gasteiger partial charge in [0, 0.05) is 12.1 Å². The molecule has 1 aromatic heterocycles. The van der Waals surface area contributed by atoms with E-state index in [1.54, 1.807) is 29.2 Å². The molecule has 0 aliphatic rings. The van der Waals surface area contributed by atoms with Gasteiger partial charge in [0.25, 0.3) is 11.8 Å². The lowest BCUT2D eigenvalue weighted by atomic mass is 10.1. The fourth-order valence-electron chi connectivity index (χ4n) is 2.47. The minimum atomic E-state index is -0.285. The van der Waals surface area contributed by atoms with Crippen molar-refractivity contribution >= 4 is 23.4 Å². The van der Waals surface area contributed by atoms with Gasteiger partial charge in [-0.2, -0.15) is 0 Å². The number of hydrogen-bond donors (Lipinski definition) is 1. The van der Waals surface area contributed by atoms with Crippen LogP contribution < -0.4 is 5.32 Å². The lowest BCUT2D eigenvalue weighted by Crippen LogP contribution is -2.38. The largest absolute Gasteiger partial charge is 0.446 e. The van der Waals surface area contributed by atoms with Crippen molar-refractivity contribution in [3.63, 3.8) is 0 Å². The highest BCUT2D eigenvalue weighted by atomic mass is 35.5. The lowest BCUT2D eigenvalue weighted by Gasteiger charge is -2.27. The summed E-state index contributed by atoms with van der Waals surface area (Å²) in [7, 11) is 0. The maximum atomic E-state index is 13.0. The Labute approximate surface area is 164 Å². The number of hydrogen-bond acceptors (Lipinski definition) is 4. The Morgan fingerprint density at radius 2 is 1.93 bits per heavy atom. The molecule has 2 unspecified atom stereocenters. The zero-order chi connectivity index (χ0) is 20.0. The molecule has 27 heavy (non-hydrogen) atoms. The second-order valence-corrected chi connectivity index (χ2v) is 6.99. The predicted octanol–water partition coefficient (Wildman–Crippen LogP) is 4.30. The number of aromatic nitrogens is 1. The third-order valence-corrected chi connectivity index (χ3v) is 4.90. The van der Waals surface area contributed by atoms with E-state index in [0.29, 0.717) is 16.5 Å². The van der Waals surface area contributed by atoms with Gasteiger partial charge in [-0.25, -0.2) is 4.98 Å². The lowest BCUT2D eigenvalue weighted by molar-refractivity contribution is 0.0652. The average molecular weight is 392 g/mol. The number of nitrogens with zero attached hydrogens (tertiary/aromatic N) is 2. The monoisotopic (exact) mass is 391 g/mol. The van der Waals surface area contributed by atoms with Crippen LogP contribution in [0.15, 0.2) is 34.9 Å². The van der Waals surface area contributed by atoms with Crippen LogP contribution in [0, 0.1) is 0 Å². The molecule has 7 heteroatoms. The summed E-state index contributed by atoms with van der Waals surface area (Å²) in [6, 6.07) is 6.95. The Balaban J connectivity index is 2.19. The smallest absolute Gasteiger partial charge is 0.273 e. The molecule has 2 atom stereocenters. The van der Waals surface area contributed by atoms with Crippen molar-refractivity contribution in [1.82, 2.24) is 15.2 Å². The van der Waals surface area contributed by atoms with Crippen molar-refractivity contribution in [2.75, 3.05) is 0 Å². The van der Waals surface area contributed by atoms with Gasteiger partial charge in [0.15, 0.2) is 5.69 Å². The van der Waals surface area contributed by atoms with E-state index in [2.05, 4.69) is 10.3 Å². The maximum absolute atomic E-state index is 13.0. The number of carbonyl (C=O) groups is 2. The predicted molar refractivity (Wildman–Crippen MR) is 105 cm³/mol. The molecule has 1 aromatic carbocycles. The molecule has 0 bridgehead atoms. The quantitative estimate of drug-likeness (QED) is 0.728. The SMILES string of the molecule is CCC(C)NC(=O)c1coc(CN(C(=O)c2ccccc2Cl)C(C)CC)n1. The summed E-state index contributed by atoms with van der Waals surface area (Å²) in [5.41, 5.74) is 0.639. The van der Waals surface area contributed by atoms with Gasteiger partial charge in [-0.15, -0.1) is 0 Å². The first kappa shape index (κ1) is 21.0. The van der Waals surface area contributed by atoms with Crippen LogP contribution >= 0.6 is 11.6 Å². The second kappa shape index (κ2) is 9.55. The second-order valence-electron chi connectivity index (χ2n) is 6.58. The van der Waals surface area contributed by atoms with E-state index in [-0.39, 0.29) is 36.1 Å². The van der Waals surface area contributed by atoms with Crippen molar-refractivity contribution in [1.29, 1.82) is 0 Å². The van der Waals surface area contributed by atoms with Gasteiger partial charge < -0.3 is 14.6 Å². The maximum Gasteiger partial charge on any atom is 0.273 e. The number of amides is 2. The molecule has 1 heterocycles. The summed E-state index contributed by atoms with van der Waals surface area (Å²) in [5, 5.41) is 3.24. The highest BCUT2D eigenvalue weighted by Gasteiger charge is 2.25. The van der Waals surface area contributed by atoms with E-state index in [9.17, 15) is 9.59 Å². The first-order valence-electron chi connectivity index (χ1n) is 9.18. The van der Waals surface area contributed by atoms with E-state index in [1.807, 2.05) is 27.7 Å². The fourth-order valence-corrected chi connectivity index (χ4v) is 2.69. The molecule has 0 saturated heterocycles. The van der Waals surface area contributed by atoms with Crippen LogP contribution in [0.5, 0.6) is 0 Å². The zero-order valence-corrected chi connectivity index (χ0v) is 16.9. The van der Waals surface area contributed by atoms with E-state index in [4.69, 9.17) is 16.0 Å². The van der Waals surface area contributed by atoms with E-state index >= 15 is 0 Å². The van der Waals surface area contributed by atoms with Crippen LogP contribution in [0.1, 0.15) is 67.3 Å². The molecular formula is C20H26ClN3O3. The van der Waals surface area contributed by atoms with Gasteiger partial charge >= 0.3 is 0 Å². The Bertz CT molecular complexity index is 790. The van der Waals surface area contributed by atoms with Crippen molar-refractivity contribution in [3.8, 4) is 0 Å². The van der Waals surface area contributed by atoms with Gasteiger partial charge in [-0.05, 0) is 38.8 Å². The summed E-state index contributed by atoms with van der Waals surface area (Å²) >= 11 is 6.18. The average Bonchev–Trinajstić information content (AvgIpc) is 3.14. The molecule has 146 valence electrons. The number of benzene rings is 1. The molecule has 0 fully saturated rings. The standard InChI is InChI=1S/C20H26ClN3O3/c1-5-13(3)22-19(25)17-12-27-18(23-17)11-24(14(4)6-2)20(26)15-9-7-8-10-16(15)21/h7-10,12-14H,5-6,11H2,1-4H3,(H,22,25). The number of nitrogens with one attached hydrogen (secondary N) is 1. The Morgan fingerprint density at radius 3 is 2.56 bits per heavy atom. The first-order valence-corrected chi connectivity index (χ1v) is 9.55. The summed E-state index contributed by atoms with van der Waals surface area (Å²) in [6.45, 7) is 8.03. The highest BCUT2D eigenvalue weighted by molar-refractivity contribution is 6.33. The molecular weight excluding hydrogens is 366 g/mol. The van der Waals surface area contributed by atoms with E-state index in [0.717, 1.165) is 12.8 Å². The molecule has 0 aliphatic heterocycles. The summed E-state index contributed by atoms with van der Waals surface area (Å²) in [6.07, 6.45) is 2.91. The van der Waals surface area contributed by atoms with Crippen LogP contribution in [-0.2, 0) is 6.54 Å². The van der Waals surface area contributed by atoms with E-state index < -0.39 is 0 Å². The number of oxazole rings is 1. The molecule has 2 aromatic rings. The van der Waals surface area contributed by atoms with Crippen molar-refractivity contribution in [2.45, 2.75) is 59.2 Å². The fraction of sp³-hybridized carbons (Fsp3) is 0.450. The minimum Gasteiger partial charge on any atom is -0.446 e. The Hall–Kier alpha value is -2.34. The van der Waals surface area contributed by atoms with E-state index in [1.165, 1.54) is 6.26 Å². The molecule has 2 rings (SSSR count). The van der Waals surface area contributed by atoms with Gasteiger partial charge in [-0.1, -0.05) is 37.6 Å². The Morgan fingerprint density at radius 1 is 1.22 bits per heavy atom. The van der Waals surface area contributed by atoms with Crippen molar-refractivity contribution in [3.05, 3.63) is 52.7 Å². The van der Waals surface area contributed by atoms with Gasteiger partial charge in [0.2, 0.25) is 5.89 Å². The summed E-state index contributed by atoms with van der Waals surface area (Å²) in [4.78, 5) is 31.1. The van der Waals surface area contributed by atoms with Crippen LogP contribution in [-0.4, -0.2) is 33.8 Å². The van der Waals surface area contributed by atoms with Gasteiger partial charge in [0.05, 0.1) is 17.1 Å². The molecule has 0 spiro atoms. The zero-order valence-electron chi connectivity index (χ0n) is 16.2. The molecule has 0 aliphatic carbocycles. The molecule has 1 N–H and O–H groups in total.